The van der Waals surface area contributed by atoms with Crippen LogP contribution in [0.15, 0.2) is 30.8 Å². The van der Waals surface area contributed by atoms with Crippen molar-refractivity contribution in [1.82, 2.24) is 0 Å². The van der Waals surface area contributed by atoms with Crippen molar-refractivity contribution >= 4 is 5.70 Å². The van der Waals surface area contributed by atoms with Gasteiger partial charge in [0.15, 0.2) is 0 Å². The molecule has 0 amide bonds. The molecule has 4 N–H and O–H groups in total. The summed E-state index contributed by atoms with van der Waals surface area (Å²) < 4.78 is 0. The molecule has 0 saturated heterocycles. The fourth-order valence-electron chi connectivity index (χ4n) is 1.00. The first-order chi connectivity index (χ1) is 5.61. The maximum absolute atomic E-state index is 5.69. The molecule has 12 heavy (non-hydrogen) atoms. The van der Waals surface area contributed by atoms with Crippen molar-refractivity contribution in [2.45, 2.75) is 13.0 Å². The SMILES string of the molecule is C=C(N)c1ccc(C(C)N)cc1. The van der Waals surface area contributed by atoms with E-state index in [4.69, 9.17) is 11.5 Å². The fraction of sp³-hybridized carbons (Fsp3) is 0.200. The first kappa shape index (κ1) is 8.81. The second-order valence-corrected chi connectivity index (χ2v) is 2.94. The minimum Gasteiger partial charge on any atom is -0.399 e. The van der Waals surface area contributed by atoms with Crippen LogP contribution in [0, 0.1) is 0 Å². The van der Waals surface area contributed by atoms with Crippen LogP contribution >= 0.6 is 0 Å². The second kappa shape index (κ2) is 3.41. The summed E-state index contributed by atoms with van der Waals surface area (Å²) >= 11 is 0. The third-order valence-electron chi connectivity index (χ3n) is 1.81. The van der Waals surface area contributed by atoms with Gasteiger partial charge in [0.2, 0.25) is 0 Å². The van der Waals surface area contributed by atoms with Crippen LogP contribution in [-0.4, -0.2) is 0 Å². The number of nitrogens with two attached hydrogens (primary N) is 2. The summed E-state index contributed by atoms with van der Waals surface area (Å²) in [7, 11) is 0. The van der Waals surface area contributed by atoms with Gasteiger partial charge in [-0.05, 0) is 18.1 Å². The molecule has 0 aliphatic carbocycles. The molecule has 2 heteroatoms. The Labute approximate surface area is 72.9 Å². The van der Waals surface area contributed by atoms with E-state index in [9.17, 15) is 0 Å². The quantitative estimate of drug-likeness (QED) is 0.694. The summed E-state index contributed by atoms with van der Waals surface area (Å²) in [4.78, 5) is 0. The zero-order chi connectivity index (χ0) is 9.14. The van der Waals surface area contributed by atoms with Crippen LogP contribution < -0.4 is 11.5 Å². The highest BCUT2D eigenvalue weighted by Crippen LogP contribution is 2.13. The molecule has 0 bridgehead atoms. The molecular weight excluding hydrogens is 148 g/mol. The Morgan fingerprint density at radius 2 is 1.83 bits per heavy atom. The number of benzene rings is 1. The molecule has 0 heterocycles. The van der Waals surface area contributed by atoms with Gasteiger partial charge in [-0.25, -0.2) is 0 Å². The lowest BCUT2D eigenvalue weighted by atomic mass is 10.1. The average molecular weight is 162 g/mol. The van der Waals surface area contributed by atoms with Crippen molar-refractivity contribution in [2.24, 2.45) is 11.5 Å². The van der Waals surface area contributed by atoms with E-state index in [1.807, 2.05) is 31.2 Å². The van der Waals surface area contributed by atoms with Crippen molar-refractivity contribution in [3.8, 4) is 0 Å². The maximum Gasteiger partial charge on any atom is 0.0314 e. The van der Waals surface area contributed by atoms with Crippen molar-refractivity contribution < 1.29 is 0 Å². The zero-order valence-electron chi connectivity index (χ0n) is 7.25. The van der Waals surface area contributed by atoms with Gasteiger partial charge in [0.05, 0.1) is 0 Å². The lowest BCUT2D eigenvalue weighted by Gasteiger charge is -2.06. The summed E-state index contributed by atoms with van der Waals surface area (Å²) in [6, 6.07) is 7.88. The van der Waals surface area contributed by atoms with E-state index in [0.29, 0.717) is 5.70 Å². The van der Waals surface area contributed by atoms with Crippen LogP contribution in [-0.2, 0) is 0 Å². The minimum atomic E-state index is 0.0742. The van der Waals surface area contributed by atoms with Gasteiger partial charge in [0.1, 0.15) is 0 Å². The van der Waals surface area contributed by atoms with Gasteiger partial charge >= 0.3 is 0 Å². The largest absolute Gasteiger partial charge is 0.399 e. The van der Waals surface area contributed by atoms with Crippen molar-refractivity contribution in [3.63, 3.8) is 0 Å². The molecule has 0 saturated carbocycles. The highest BCUT2D eigenvalue weighted by Gasteiger charge is 1.98. The predicted octanol–water partition coefficient (Wildman–Crippen LogP) is 1.64. The van der Waals surface area contributed by atoms with E-state index < -0.39 is 0 Å². The molecule has 0 aromatic heterocycles. The monoisotopic (exact) mass is 162 g/mol. The van der Waals surface area contributed by atoms with Gasteiger partial charge in [-0.1, -0.05) is 30.8 Å². The van der Waals surface area contributed by atoms with Crippen molar-refractivity contribution in [3.05, 3.63) is 42.0 Å². The first-order valence-corrected chi connectivity index (χ1v) is 3.91. The summed E-state index contributed by atoms with van der Waals surface area (Å²) in [6.45, 7) is 5.60. The van der Waals surface area contributed by atoms with Crippen LogP contribution in [0.25, 0.3) is 5.70 Å². The van der Waals surface area contributed by atoms with Gasteiger partial charge in [-0.2, -0.15) is 0 Å². The maximum atomic E-state index is 5.69. The summed E-state index contributed by atoms with van der Waals surface area (Å²) in [5.41, 5.74) is 13.9. The minimum absolute atomic E-state index is 0.0742. The molecule has 0 radical (unpaired) electrons. The van der Waals surface area contributed by atoms with E-state index >= 15 is 0 Å². The molecule has 0 spiro atoms. The Morgan fingerprint density at radius 1 is 1.33 bits per heavy atom. The first-order valence-electron chi connectivity index (χ1n) is 3.91. The molecule has 0 fully saturated rings. The van der Waals surface area contributed by atoms with E-state index in [0.717, 1.165) is 11.1 Å². The molecule has 1 aromatic rings. The van der Waals surface area contributed by atoms with Crippen LogP contribution in [0.2, 0.25) is 0 Å². The average Bonchev–Trinajstić information content (AvgIpc) is 2.04. The predicted molar refractivity (Wildman–Crippen MR) is 52.3 cm³/mol. The summed E-state index contributed by atoms with van der Waals surface area (Å²) in [5, 5.41) is 0. The van der Waals surface area contributed by atoms with Crippen molar-refractivity contribution in [1.29, 1.82) is 0 Å². The molecule has 1 atom stereocenters. The highest BCUT2D eigenvalue weighted by molar-refractivity contribution is 5.60. The van der Waals surface area contributed by atoms with Crippen molar-refractivity contribution in [2.75, 3.05) is 0 Å². The van der Waals surface area contributed by atoms with Gasteiger partial charge in [0, 0.05) is 11.7 Å². The normalized spacial score (nSPS) is 12.5. The lowest BCUT2D eigenvalue weighted by Crippen LogP contribution is -2.04. The fourth-order valence-corrected chi connectivity index (χ4v) is 1.00. The molecule has 2 nitrogen and oxygen atoms in total. The van der Waals surface area contributed by atoms with E-state index in [2.05, 4.69) is 6.58 Å². The van der Waals surface area contributed by atoms with Gasteiger partial charge < -0.3 is 11.5 Å². The Morgan fingerprint density at radius 3 is 2.17 bits per heavy atom. The molecule has 1 unspecified atom stereocenters. The number of hydrogen-bond acceptors (Lipinski definition) is 2. The molecule has 0 aliphatic heterocycles. The van der Waals surface area contributed by atoms with Crippen LogP contribution in [0.4, 0.5) is 0 Å². The molecule has 64 valence electrons. The summed E-state index contributed by atoms with van der Waals surface area (Å²) in [6.07, 6.45) is 0. The zero-order valence-corrected chi connectivity index (χ0v) is 7.25. The van der Waals surface area contributed by atoms with E-state index in [1.54, 1.807) is 0 Å². The van der Waals surface area contributed by atoms with Crippen LogP contribution in [0.1, 0.15) is 24.1 Å². The number of rotatable bonds is 2. The number of hydrogen-bond donors (Lipinski definition) is 2. The molecule has 1 aromatic carbocycles. The van der Waals surface area contributed by atoms with Crippen LogP contribution in [0.5, 0.6) is 0 Å². The third-order valence-corrected chi connectivity index (χ3v) is 1.81. The molecular formula is C10H14N2. The standard InChI is InChI=1S/C10H14N2/c1-7(11)9-3-5-10(6-4-9)8(2)12/h3-6,8H,1,11-12H2,2H3. The van der Waals surface area contributed by atoms with Gasteiger partial charge in [0.25, 0.3) is 0 Å². The molecule has 1 rings (SSSR count). The Balaban J connectivity index is 2.93. The van der Waals surface area contributed by atoms with Crippen LogP contribution in [0.3, 0.4) is 0 Å². The Hall–Kier alpha value is -1.28. The Kier molecular flexibility index (Phi) is 2.51. The summed E-state index contributed by atoms with van der Waals surface area (Å²) in [5.74, 6) is 0. The van der Waals surface area contributed by atoms with E-state index in [-0.39, 0.29) is 6.04 Å². The highest BCUT2D eigenvalue weighted by atomic mass is 14.6. The topological polar surface area (TPSA) is 52.0 Å². The lowest BCUT2D eigenvalue weighted by molar-refractivity contribution is 0.818. The van der Waals surface area contributed by atoms with Gasteiger partial charge in [-0.3, -0.25) is 0 Å². The smallest absolute Gasteiger partial charge is 0.0314 e. The van der Waals surface area contributed by atoms with E-state index in [1.165, 1.54) is 0 Å². The second-order valence-electron chi connectivity index (χ2n) is 2.94. The third kappa shape index (κ3) is 1.86. The molecule has 0 aliphatic rings. The van der Waals surface area contributed by atoms with Gasteiger partial charge in [-0.15, -0.1) is 0 Å². The Bertz CT molecular complexity index is 272.